The monoisotopic (exact) mass is 211 g/mol. The van der Waals surface area contributed by atoms with Gasteiger partial charge in [0.1, 0.15) is 5.78 Å². The van der Waals surface area contributed by atoms with E-state index < -0.39 is 0 Å². The van der Waals surface area contributed by atoms with Gasteiger partial charge in [0.2, 0.25) is 0 Å². The number of carbonyl (C=O) groups excluding carboxylic acids is 1. The molecular weight excluding hydrogens is 186 g/mol. The molecule has 0 spiro atoms. The van der Waals surface area contributed by atoms with Crippen molar-refractivity contribution in [2.24, 2.45) is 17.6 Å². The largest absolute Gasteiger partial charge is 0.327 e. The van der Waals surface area contributed by atoms with Crippen LogP contribution in [0.3, 0.4) is 0 Å². The Hall–Kier alpha value is -0.370. The van der Waals surface area contributed by atoms with Crippen LogP contribution in [0, 0.1) is 11.8 Å². The lowest BCUT2D eigenvalue weighted by molar-refractivity contribution is -0.127. The summed E-state index contributed by atoms with van der Waals surface area (Å²) < 4.78 is 0. The fraction of sp³-hybridized carbons (Fsp3) is 0.923. The third-order valence-electron chi connectivity index (χ3n) is 3.82. The predicted octanol–water partition coefficient (Wildman–Crippen LogP) is 2.90. The van der Waals surface area contributed by atoms with Crippen molar-refractivity contribution < 1.29 is 4.79 Å². The van der Waals surface area contributed by atoms with Gasteiger partial charge in [-0.3, -0.25) is 4.79 Å². The van der Waals surface area contributed by atoms with Gasteiger partial charge < -0.3 is 5.73 Å². The highest BCUT2D eigenvalue weighted by Gasteiger charge is 2.30. The van der Waals surface area contributed by atoms with Gasteiger partial charge in [0, 0.05) is 17.9 Å². The first-order valence-electron chi connectivity index (χ1n) is 6.50. The van der Waals surface area contributed by atoms with Crippen LogP contribution in [-0.2, 0) is 4.79 Å². The third kappa shape index (κ3) is 3.30. The molecule has 88 valence electrons. The molecule has 2 heteroatoms. The van der Waals surface area contributed by atoms with Gasteiger partial charge in [-0.1, -0.05) is 33.1 Å². The summed E-state index contributed by atoms with van der Waals surface area (Å²) in [5, 5.41) is 0. The second-order valence-electron chi connectivity index (χ2n) is 4.82. The molecule has 2 atom stereocenters. The molecular formula is C13H25NO. The number of rotatable bonds is 4. The van der Waals surface area contributed by atoms with Crippen LogP contribution in [0.1, 0.15) is 58.8 Å². The van der Waals surface area contributed by atoms with E-state index in [1.54, 1.807) is 0 Å². The molecule has 2 unspecified atom stereocenters. The molecule has 1 fully saturated rings. The molecule has 2 N–H and O–H groups in total. The highest BCUT2D eigenvalue weighted by Crippen LogP contribution is 2.27. The maximum atomic E-state index is 12.2. The molecule has 0 saturated heterocycles. The zero-order valence-electron chi connectivity index (χ0n) is 10.2. The number of hydrogen-bond acceptors (Lipinski definition) is 2. The minimum atomic E-state index is 0.126. The van der Waals surface area contributed by atoms with Gasteiger partial charge in [0.15, 0.2) is 0 Å². The Morgan fingerprint density at radius 3 is 2.40 bits per heavy atom. The molecule has 1 aliphatic carbocycles. The average molecular weight is 211 g/mol. The van der Waals surface area contributed by atoms with E-state index in [-0.39, 0.29) is 17.9 Å². The third-order valence-corrected chi connectivity index (χ3v) is 3.82. The maximum Gasteiger partial charge on any atom is 0.140 e. The SMILES string of the molecule is CCC(CC)C(=O)C1CCCCCC1N. The van der Waals surface area contributed by atoms with Gasteiger partial charge in [0.25, 0.3) is 0 Å². The molecule has 1 rings (SSSR count). The molecule has 0 bridgehead atoms. The van der Waals surface area contributed by atoms with Gasteiger partial charge in [0.05, 0.1) is 0 Å². The molecule has 15 heavy (non-hydrogen) atoms. The van der Waals surface area contributed by atoms with E-state index >= 15 is 0 Å². The van der Waals surface area contributed by atoms with Gasteiger partial charge in [-0.05, 0) is 25.7 Å². The molecule has 2 nitrogen and oxygen atoms in total. The molecule has 0 amide bonds. The fourth-order valence-electron chi connectivity index (χ4n) is 2.68. The van der Waals surface area contributed by atoms with Gasteiger partial charge in [-0.15, -0.1) is 0 Å². The summed E-state index contributed by atoms with van der Waals surface area (Å²) in [6, 6.07) is 0.126. The van der Waals surface area contributed by atoms with Crippen LogP contribution in [0.4, 0.5) is 0 Å². The van der Waals surface area contributed by atoms with E-state index in [0.29, 0.717) is 5.78 Å². The summed E-state index contributed by atoms with van der Waals surface area (Å²) in [6.45, 7) is 4.21. The van der Waals surface area contributed by atoms with Crippen LogP contribution in [0.2, 0.25) is 0 Å². The van der Waals surface area contributed by atoms with E-state index in [1.165, 1.54) is 19.3 Å². The Kier molecular flexibility index (Phi) is 5.30. The van der Waals surface area contributed by atoms with Crippen LogP contribution >= 0.6 is 0 Å². The minimum Gasteiger partial charge on any atom is -0.327 e. The normalized spacial score (nSPS) is 27.7. The number of ketones is 1. The second kappa shape index (κ2) is 6.26. The van der Waals surface area contributed by atoms with Crippen molar-refractivity contribution >= 4 is 5.78 Å². The summed E-state index contributed by atoms with van der Waals surface area (Å²) in [5.41, 5.74) is 6.11. The van der Waals surface area contributed by atoms with Crippen LogP contribution < -0.4 is 5.73 Å². The summed E-state index contributed by atoms with van der Waals surface area (Å²) in [6.07, 6.45) is 7.64. The van der Waals surface area contributed by atoms with Crippen molar-refractivity contribution in [3.05, 3.63) is 0 Å². The predicted molar refractivity (Wildman–Crippen MR) is 63.6 cm³/mol. The first-order valence-corrected chi connectivity index (χ1v) is 6.50. The highest BCUT2D eigenvalue weighted by atomic mass is 16.1. The molecule has 0 aliphatic heterocycles. The van der Waals surface area contributed by atoms with Crippen molar-refractivity contribution in [3.8, 4) is 0 Å². The Labute approximate surface area is 93.6 Å². The van der Waals surface area contributed by atoms with E-state index in [9.17, 15) is 4.79 Å². The van der Waals surface area contributed by atoms with Gasteiger partial charge >= 0.3 is 0 Å². The van der Waals surface area contributed by atoms with E-state index in [2.05, 4.69) is 13.8 Å². The lowest BCUT2D eigenvalue weighted by Gasteiger charge is -2.24. The molecule has 1 saturated carbocycles. The van der Waals surface area contributed by atoms with Crippen LogP contribution in [-0.4, -0.2) is 11.8 Å². The van der Waals surface area contributed by atoms with Crippen molar-refractivity contribution in [1.29, 1.82) is 0 Å². The maximum absolute atomic E-state index is 12.2. The average Bonchev–Trinajstić information content (AvgIpc) is 2.44. The topological polar surface area (TPSA) is 43.1 Å². The van der Waals surface area contributed by atoms with Crippen molar-refractivity contribution in [1.82, 2.24) is 0 Å². The molecule has 0 heterocycles. The van der Waals surface area contributed by atoms with E-state index in [0.717, 1.165) is 25.7 Å². The zero-order chi connectivity index (χ0) is 11.3. The smallest absolute Gasteiger partial charge is 0.140 e. The second-order valence-corrected chi connectivity index (χ2v) is 4.82. The lowest BCUT2D eigenvalue weighted by atomic mass is 9.82. The standard InChI is InChI=1S/C13H25NO/c1-3-10(4-2)13(15)11-8-6-5-7-9-12(11)14/h10-12H,3-9,14H2,1-2H3. The highest BCUT2D eigenvalue weighted by molar-refractivity contribution is 5.84. The van der Waals surface area contributed by atoms with E-state index in [1.807, 2.05) is 0 Å². The quantitative estimate of drug-likeness (QED) is 0.727. The van der Waals surface area contributed by atoms with Crippen LogP contribution in [0.15, 0.2) is 0 Å². The number of Topliss-reactive ketones (excluding diaryl/α,β-unsaturated/α-hetero) is 1. The van der Waals surface area contributed by atoms with Crippen molar-refractivity contribution in [3.63, 3.8) is 0 Å². The number of nitrogens with two attached hydrogens (primary N) is 1. The summed E-state index contributed by atoms with van der Waals surface area (Å²) in [5.74, 6) is 0.839. The zero-order valence-corrected chi connectivity index (χ0v) is 10.2. The minimum absolute atomic E-state index is 0.126. The Morgan fingerprint density at radius 2 is 1.80 bits per heavy atom. The first-order chi connectivity index (χ1) is 7.20. The first kappa shape index (κ1) is 12.7. The van der Waals surface area contributed by atoms with Gasteiger partial charge in [-0.2, -0.15) is 0 Å². The van der Waals surface area contributed by atoms with Crippen LogP contribution in [0.25, 0.3) is 0 Å². The summed E-state index contributed by atoms with van der Waals surface area (Å²) >= 11 is 0. The Morgan fingerprint density at radius 1 is 1.20 bits per heavy atom. The van der Waals surface area contributed by atoms with E-state index in [4.69, 9.17) is 5.73 Å². The van der Waals surface area contributed by atoms with Crippen LogP contribution in [0.5, 0.6) is 0 Å². The molecule has 1 aliphatic rings. The molecule has 0 aromatic rings. The number of hydrogen-bond donors (Lipinski definition) is 1. The Bertz CT molecular complexity index is 199. The van der Waals surface area contributed by atoms with Crippen molar-refractivity contribution in [2.75, 3.05) is 0 Å². The van der Waals surface area contributed by atoms with Crippen molar-refractivity contribution in [2.45, 2.75) is 64.8 Å². The number of carbonyl (C=O) groups is 1. The van der Waals surface area contributed by atoms with Gasteiger partial charge in [-0.25, -0.2) is 0 Å². The molecule has 0 aromatic carbocycles. The molecule has 0 aromatic heterocycles. The fourth-order valence-corrected chi connectivity index (χ4v) is 2.68. The molecule has 0 radical (unpaired) electrons. The summed E-state index contributed by atoms with van der Waals surface area (Å²) in [7, 11) is 0. The summed E-state index contributed by atoms with van der Waals surface area (Å²) in [4.78, 5) is 12.2. The Balaban J connectivity index is 2.62. The lowest BCUT2D eigenvalue weighted by Crippen LogP contribution is -2.37.